The molecule has 0 bridgehead atoms. The molecular weight excluding hydrogens is 280 g/mol. The molecule has 0 atom stereocenters. The first-order chi connectivity index (χ1) is 10.4. The van der Waals surface area contributed by atoms with Crippen LogP contribution in [0.15, 0.2) is 18.2 Å². The summed E-state index contributed by atoms with van der Waals surface area (Å²) in [5.41, 5.74) is 1.11. The van der Waals surface area contributed by atoms with Crippen LogP contribution in [0.4, 0.5) is 0 Å². The molecule has 0 saturated carbocycles. The van der Waals surface area contributed by atoms with Gasteiger partial charge in [-0.25, -0.2) is 0 Å². The van der Waals surface area contributed by atoms with Crippen molar-refractivity contribution < 1.29 is 14.3 Å². The van der Waals surface area contributed by atoms with Crippen molar-refractivity contribution in [3.05, 3.63) is 23.8 Å². The minimum atomic E-state index is 0.160. The van der Waals surface area contributed by atoms with Gasteiger partial charge in [0, 0.05) is 18.6 Å². The summed E-state index contributed by atoms with van der Waals surface area (Å²) in [6, 6.07) is 6.34. The summed E-state index contributed by atoms with van der Waals surface area (Å²) >= 11 is 0. The second-order valence-electron chi connectivity index (χ2n) is 6.35. The maximum atomic E-state index is 12.5. The average Bonchev–Trinajstić information content (AvgIpc) is 2.84. The molecule has 0 unspecified atom stereocenters. The van der Waals surface area contributed by atoms with Gasteiger partial charge in [-0.1, -0.05) is 6.07 Å². The Kier molecular flexibility index (Phi) is 5.29. The van der Waals surface area contributed by atoms with Gasteiger partial charge < -0.3 is 14.4 Å². The minimum absolute atomic E-state index is 0.160. The fourth-order valence-corrected chi connectivity index (χ4v) is 2.89. The molecule has 2 rings (SSSR count). The van der Waals surface area contributed by atoms with Crippen LogP contribution >= 0.6 is 0 Å². The molecule has 0 N–H and O–H groups in total. The fourth-order valence-electron chi connectivity index (χ4n) is 2.89. The molecule has 1 amide bonds. The molecule has 5 heteroatoms. The van der Waals surface area contributed by atoms with E-state index in [1.54, 1.807) is 0 Å². The lowest BCUT2D eigenvalue weighted by molar-refractivity contribution is -0.135. The highest BCUT2D eigenvalue weighted by Gasteiger charge is 2.21. The second kappa shape index (κ2) is 7.01. The van der Waals surface area contributed by atoms with Gasteiger partial charge in [-0.2, -0.15) is 0 Å². The molecule has 1 aromatic rings. The Hall–Kier alpha value is -1.75. The predicted molar refractivity (Wildman–Crippen MR) is 86.0 cm³/mol. The molecule has 22 heavy (non-hydrogen) atoms. The summed E-state index contributed by atoms with van der Waals surface area (Å²) in [5, 5.41) is 0. The zero-order valence-electron chi connectivity index (χ0n) is 14.1. The van der Waals surface area contributed by atoms with E-state index in [1.165, 1.54) is 0 Å². The van der Waals surface area contributed by atoms with Crippen LogP contribution in [0.1, 0.15) is 33.3 Å². The summed E-state index contributed by atoms with van der Waals surface area (Å²) in [6.07, 6.45) is 0. The molecule has 0 aliphatic carbocycles. The van der Waals surface area contributed by atoms with E-state index in [0.29, 0.717) is 13.1 Å². The third-order valence-corrected chi connectivity index (χ3v) is 3.70. The van der Waals surface area contributed by atoms with Crippen LogP contribution in [-0.2, 0) is 11.3 Å². The Bertz CT molecular complexity index is 521. The number of likely N-dealkylation sites (N-methyl/N-ethyl adjacent to an activating group) is 1. The van der Waals surface area contributed by atoms with Crippen molar-refractivity contribution in [1.29, 1.82) is 0 Å². The van der Waals surface area contributed by atoms with Gasteiger partial charge in [0.2, 0.25) is 12.7 Å². The van der Waals surface area contributed by atoms with Crippen molar-refractivity contribution in [3.8, 4) is 11.5 Å². The van der Waals surface area contributed by atoms with Gasteiger partial charge in [-0.15, -0.1) is 0 Å². The number of hydrogen-bond acceptors (Lipinski definition) is 4. The van der Waals surface area contributed by atoms with E-state index in [2.05, 4.69) is 27.7 Å². The highest BCUT2D eigenvalue weighted by molar-refractivity contribution is 5.78. The van der Waals surface area contributed by atoms with Crippen molar-refractivity contribution in [3.63, 3.8) is 0 Å². The number of nitrogens with zero attached hydrogens (tertiary/aromatic N) is 2. The maximum absolute atomic E-state index is 12.5. The quantitative estimate of drug-likeness (QED) is 0.810. The standard InChI is InChI=1S/C17H26N2O3/c1-12(2)19(13(3)4)17(20)10-18(5)9-14-6-7-15-16(8-14)22-11-21-15/h6-8,12-13H,9-11H2,1-5H3. The zero-order chi connectivity index (χ0) is 16.3. The predicted octanol–water partition coefficient (Wildman–Crippen LogP) is 2.49. The van der Waals surface area contributed by atoms with Crippen molar-refractivity contribution in [2.45, 2.75) is 46.3 Å². The lowest BCUT2D eigenvalue weighted by Gasteiger charge is -2.32. The number of rotatable bonds is 6. The van der Waals surface area contributed by atoms with Crippen molar-refractivity contribution in [1.82, 2.24) is 9.80 Å². The number of amides is 1. The molecule has 1 aliphatic heterocycles. The van der Waals surface area contributed by atoms with E-state index < -0.39 is 0 Å². The number of benzene rings is 1. The third kappa shape index (κ3) is 3.91. The number of carbonyl (C=O) groups excluding carboxylic acids is 1. The lowest BCUT2D eigenvalue weighted by atomic mass is 10.2. The number of ether oxygens (including phenoxy) is 2. The topological polar surface area (TPSA) is 42.0 Å². The van der Waals surface area contributed by atoms with Crippen LogP contribution in [0.3, 0.4) is 0 Å². The molecule has 122 valence electrons. The van der Waals surface area contributed by atoms with Crippen LogP contribution in [0.2, 0.25) is 0 Å². The largest absolute Gasteiger partial charge is 0.454 e. The van der Waals surface area contributed by atoms with Gasteiger partial charge in [0.1, 0.15) is 0 Å². The Labute approximate surface area is 132 Å². The zero-order valence-corrected chi connectivity index (χ0v) is 14.1. The number of carbonyl (C=O) groups is 1. The first kappa shape index (κ1) is 16.6. The van der Waals surface area contributed by atoms with Gasteiger partial charge in [-0.05, 0) is 52.4 Å². The minimum Gasteiger partial charge on any atom is -0.454 e. The molecule has 0 saturated heterocycles. The van der Waals surface area contributed by atoms with E-state index >= 15 is 0 Å². The molecule has 1 aromatic carbocycles. The second-order valence-corrected chi connectivity index (χ2v) is 6.35. The number of hydrogen-bond donors (Lipinski definition) is 0. The smallest absolute Gasteiger partial charge is 0.237 e. The van der Waals surface area contributed by atoms with Crippen molar-refractivity contribution in [2.75, 3.05) is 20.4 Å². The van der Waals surface area contributed by atoms with Gasteiger partial charge in [-0.3, -0.25) is 9.69 Å². The summed E-state index contributed by atoms with van der Waals surface area (Å²) in [7, 11) is 1.96. The van der Waals surface area contributed by atoms with E-state index in [-0.39, 0.29) is 24.8 Å². The molecule has 0 spiro atoms. The molecule has 0 radical (unpaired) electrons. The van der Waals surface area contributed by atoms with Crippen LogP contribution in [0.25, 0.3) is 0 Å². The summed E-state index contributed by atoms with van der Waals surface area (Å²) < 4.78 is 10.7. The molecule has 0 fully saturated rings. The summed E-state index contributed by atoms with van der Waals surface area (Å²) in [5.74, 6) is 1.73. The monoisotopic (exact) mass is 306 g/mol. The molecule has 1 aliphatic rings. The Balaban J connectivity index is 1.95. The van der Waals surface area contributed by atoms with Gasteiger partial charge in [0.05, 0.1) is 6.54 Å². The van der Waals surface area contributed by atoms with E-state index in [4.69, 9.17) is 9.47 Å². The van der Waals surface area contributed by atoms with Crippen LogP contribution in [0.5, 0.6) is 11.5 Å². The van der Waals surface area contributed by atoms with Crippen LogP contribution < -0.4 is 9.47 Å². The highest BCUT2D eigenvalue weighted by Crippen LogP contribution is 2.32. The Morgan fingerprint density at radius 3 is 2.41 bits per heavy atom. The first-order valence-electron chi connectivity index (χ1n) is 7.76. The SMILES string of the molecule is CC(C)N(C(=O)CN(C)Cc1ccc2c(c1)OCO2)C(C)C. The van der Waals surface area contributed by atoms with Gasteiger partial charge >= 0.3 is 0 Å². The van der Waals surface area contributed by atoms with E-state index in [0.717, 1.165) is 17.1 Å². The van der Waals surface area contributed by atoms with Gasteiger partial charge in [0.15, 0.2) is 11.5 Å². The summed E-state index contributed by atoms with van der Waals surface area (Å²) in [6.45, 7) is 9.60. The Morgan fingerprint density at radius 2 is 1.77 bits per heavy atom. The molecular formula is C17H26N2O3. The van der Waals surface area contributed by atoms with E-state index in [1.807, 2.05) is 35.0 Å². The fraction of sp³-hybridized carbons (Fsp3) is 0.588. The maximum Gasteiger partial charge on any atom is 0.237 e. The van der Waals surface area contributed by atoms with Gasteiger partial charge in [0.25, 0.3) is 0 Å². The molecule has 5 nitrogen and oxygen atoms in total. The Morgan fingerprint density at radius 1 is 1.14 bits per heavy atom. The first-order valence-corrected chi connectivity index (χ1v) is 7.76. The van der Waals surface area contributed by atoms with Crippen molar-refractivity contribution in [2.24, 2.45) is 0 Å². The summed E-state index contributed by atoms with van der Waals surface area (Å²) in [4.78, 5) is 16.4. The normalized spacial score (nSPS) is 13.3. The third-order valence-electron chi connectivity index (χ3n) is 3.70. The van der Waals surface area contributed by atoms with Crippen molar-refractivity contribution >= 4 is 5.91 Å². The van der Waals surface area contributed by atoms with E-state index in [9.17, 15) is 4.79 Å². The highest BCUT2D eigenvalue weighted by atomic mass is 16.7. The molecule has 1 heterocycles. The number of fused-ring (bicyclic) bond motifs is 1. The van der Waals surface area contributed by atoms with Crippen LogP contribution in [-0.4, -0.2) is 48.2 Å². The van der Waals surface area contributed by atoms with Crippen LogP contribution in [0, 0.1) is 0 Å². The average molecular weight is 306 g/mol. The molecule has 0 aromatic heterocycles. The lowest BCUT2D eigenvalue weighted by Crippen LogP contribution is -2.46.